The Morgan fingerprint density at radius 3 is 2.87 bits per heavy atom. The molecule has 2 aromatic heterocycles. The monoisotopic (exact) mass is 311 g/mol. The molecular formula is C15H17N7O. The van der Waals surface area contributed by atoms with Gasteiger partial charge in [-0.2, -0.15) is 10.4 Å². The summed E-state index contributed by atoms with van der Waals surface area (Å²) in [6.07, 6.45) is 5.67. The van der Waals surface area contributed by atoms with Gasteiger partial charge in [0.05, 0.1) is 6.07 Å². The first-order chi connectivity index (χ1) is 11.2. The summed E-state index contributed by atoms with van der Waals surface area (Å²) in [5, 5.41) is 21.9. The van der Waals surface area contributed by atoms with E-state index in [1.165, 1.54) is 0 Å². The Morgan fingerprint density at radius 1 is 1.30 bits per heavy atom. The van der Waals surface area contributed by atoms with Crippen LogP contribution in [0.5, 0.6) is 0 Å². The Kier molecular flexibility index (Phi) is 3.15. The minimum absolute atomic E-state index is 0.0210. The van der Waals surface area contributed by atoms with Crippen LogP contribution in [0.2, 0.25) is 0 Å². The summed E-state index contributed by atoms with van der Waals surface area (Å²) in [7, 11) is 0. The minimum Gasteiger partial charge on any atom is -0.339 e. The molecule has 0 spiro atoms. The zero-order chi connectivity index (χ0) is 15.9. The lowest BCUT2D eigenvalue weighted by atomic mass is 10.1. The third kappa shape index (κ3) is 2.38. The molecule has 0 aromatic carbocycles. The van der Waals surface area contributed by atoms with Crippen molar-refractivity contribution >= 4 is 5.91 Å². The molecule has 3 heterocycles. The number of fused-ring (bicyclic) bond motifs is 1. The molecule has 2 aromatic rings. The molecule has 0 bridgehead atoms. The van der Waals surface area contributed by atoms with Crippen molar-refractivity contribution in [2.45, 2.75) is 32.4 Å². The van der Waals surface area contributed by atoms with Crippen molar-refractivity contribution in [1.82, 2.24) is 29.4 Å². The molecule has 8 nitrogen and oxygen atoms in total. The molecule has 0 atom stereocenters. The first-order valence-electron chi connectivity index (χ1n) is 7.81. The Bertz CT molecular complexity index is 766. The molecule has 1 aliphatic heterocycles. The summed E-state index contributed by atoms with van der Waals surface area (Å²) in [6, 6.07) is 4.06. The Hall–Kier alpha value is -2.69. The fourth-order valence-corrected chi connectivity index (χ4v) is 3.04. The van der Waals surface area contributed by atoms with E-state index in [-0.39, 0.29) is 5.91 Å². The fourth-order valence-electron chi connectivity index (χ4n) is 3.04. The zero-order valence-corrected chi connectivity index (χ0v) is 12.7. The van der Waals surface area contributed by atoms with Gasteiger partial charge in [0, 0.05) is 38.4 Å². The molecule has 1 fully saturated rings. The Balaban J connectivity index is 1.50. The highest BCUT2D eigenvalue weighted by Crippen LogP contribution is 2.46. The van der Waals surface area contributed by atoms with Crippen molar-refractivity contribution in [3.8, 4) is 6.07 Å². The molecular weight excluding hydrogens is 294 g/mol. The molecule has 0 N–H and O–H groups in total. The number of hydrogen-bond donors (Lipinski definition) is 0. The van der Waals surface area contributed by atoms with Crippen LogP contribution in [0, 0.1) is 16.7 Å². The van der Waals surface area contributed by atoms with Crippen molar-refractivity contribution in [3.63, 3.8) is 0 Å². The maximum Gasteiger partial charge on any atom is 0.243 e. The van der Waals surface area contributed by atoms with Crippen molar-refractivity contribution in [2.75, 3.05) is 13.1 Å². The van der Waals surface area contributed by atoms with E-state index in [0.717, 1.165) is 11.6 Å². The average Bonchev–Trinajstić information content (AvgIpc) is 3.14. The van der Waals surface area contributed by atoms with Gasteiger partial charge in [-0.25, -0.2) is 0 Å². The standard InChI is InChI=1S/C15H17N7O/c16-11-15(3-4-15)14(23)20-7-2-12-18-19-13(22(12)9-8-20)10-21-6-1-5-17-21/h1,5-6H,2-4,7-10H2. The average molecular weight is 311 g/mol. The zero-order valence-electron chi connectivity index (χ0n) is 12.7. The highest BCUT2D eigenvalue weighted by molar-refractivity contribution is 5.88. The van der Waals surface area contributed by atoms with Crippen molar-refractivity contribution < 1.29 is 4.79 Å². The highest BCUT2D eigenvalue weighted by atomic mass is 16.2. The third-order valence-electron chi connectivity index (χ3n) is 4.63. The van der Waals surface area contributed by atoms with E-state index < -0.39 is 5.41 Å². The summed E-state index contributed by atoms with van der Waals surface area (Å²) in [6.45, 7) is 2.42. The molecule has 1 saturated carbocycles. The van der Waals surface area contributed by atoms with Crippen molar-refractivity contribution in [2.24, 2.45) is 5.41 Å². The molecule has 1 aliphatic carbocycles. The van der Waals surface area contributed by atoms with E-state index in [1.807, 2.05) is 17.2 Å². The van der Waals surface area contributed by atoms with Crippen LogP contribution in [0.3, 0.4) is 0 Å². The summed E-state index contributed by atoms with van der Waals surface area (Å²) in [4.78, 5) is 14.3. The van der Waals surface area contributed by atoms with Gasteiger partial charge in [-0.15, -0.1) is 10.2 Å². The van der Waals surface area contributed by atoms with Gasteiger partial charge in [0.2, 0.25) is 5.91 Å². The van der Waals surface area contributed by atoms with Gasteiger partial charge in [0.1, 0.15) is 17.8 Å². The second-order valence-electron chi connectivity index (χ2n) is 6.12. The topological polar surface area (TPSA) is 92.6 Å². The number of aromatic nitrogens is 5. The smallest absolute Gasteiger partial charge is 0.243 e. The molecule has 0 saturated heterocycles. The van der Waals surface area contributed by atoms with Crippen LogP contribution in [0.25, 0.3) is 0 Å². The lowest BCUT2D eigenvalue weighted by Crippen LogP contribution is -2.38. The SMILES string of the molecule is N#CC1(C(=O)N2CCc3nnc(Cn4cccn4)n3CC2)CC1. The van der Waals surface area contributed by atoms with Crippen LogP contribution < -0.4 is 0 Å². The van der Waals surface area contributed by atoms with E-state index in [4.69, 9.17) is 0 Å². The summed E-state index contributed by atoms with van der Waals surface area (Å²) in [5.41, 5.74) is -0.747. The number of carbonyl (C=O) groups is 1. The van der Waals surface area contributed by atoms with Gasteiger partial charge in [-0.1, -0.05) is 0 Å². The van der Waals surface area contributed by atoms with Crippen LogP contribution in [-0.2, 0) is 24.3 Å². The van der Waals surface area contributed by atoms with Crippen LogP contribution in [0.4, 0.5) is 0 Å². The van der Waals surface area contributed by atoms with Crippen molar-refractivity contribution in [3.05, 3.63) is 30.1 Å². The maximum absolute atomic E-state index is 12.5. The van der Waals surface area contributed by atoms with Crippen molar-refractivity contribution in [1.29, 1.82) is 5.26 Å². The fraction of sp³-hybridized carbons (Fsp3) is 0.533. The minimum atomic E-state index is -0.747. The van der Waals surface area contributed by atoms with E-state index in [0.29, 0.717) is 45.4 Å². The molecule has 0 unspecified atom stereocenters. The van der Waals surface area contributed by atoms with Crippen LogP contribution in [0.1, 0.15) is 24.5 Å². The van der Waals surface area contributed by atoms with Gasteiger partial charge < -0.3 is 9.47 Å². The number of hydrogen-bond acceptors (Lipinski definition) is 5. The predicted molar refractivity (Wildman–Crippen MR) is 78.9 cm³/mol. The summed E-state index contributed by atoms with van der Waals surface area (Å²) < 4.78 is 3.88. The van der Waals surface area contributed by atoms with Gasteiger partial charge in [0.15, 0.2) is 5.82 Å². The van der Waals surface area contributed by atoms with Crippen LogP contribution >= 0.6 is 0 Å². The Labute approximate surface area is 133 Å². The van der Waals surface area contributed by atoms with E-state index in [2.05, 4.69) is 25.9 Å². The first-order valence-corrected chi connectivity index (χ1v) is 7.81. The molecule has 118 valence electrons. The lowest BCUT2D eigenvalue weighted by Gasteiger charge is -2.22. The molecule has 8 heteroatoms. The third-order valence-corrected chi connectivity index (χ3v) is 4.63. The van der Waals surface area contributed by atoms with E-state index >= 15 is 0 Å². The second-order valence-corrected chi connectivity index (χ2v) is 6.12. The number of amides is 1. The van der Waals surface area contributed by atoms with E-state index in [9.17, 15) is 10.1 Å². The number of carbonyl (C=O) groups excluding carboxylic acids is 1. The van der Waals surface area contributed by atoms with Crippen LogP contribution in [-0.4, -0.2) is 48.4 Å². The first kappa shape index (κ1) is 13.9. The predicted octanol–water partition coefficient (Wildman–Crippen LogP) is 0.211. The molecule has 4 rings (SSSR count). The molecule has 0 radical (unpaired) electrons. The van der Waals surface area contributed by atoms with Gasteiger partial charge >= 0.3 is 0 Å². The number of nitrogens with zero attached hydrogens (tertiary/aromatic N) is 7. The molecule has 1 amide bonds. The quantitative estimate of drug-likeness (QED) is 0.808. The normalized spacial score (nSPS) is 18.8. The van der Waals surface area contributed by atoms with Gasteiger partial charge in [0.25, 0.3) is 0 Å². The number of nitriles is 1. The summed E-state index contributed by atoms with van der Waals surface area (Å²) in [5.74, 6) is 1.72. The van der Waals surface area contributed by atoms with E-state index in [1.54, 1.807) is 10.9 Å². The maximum atomic E-state index is 12.5. The molecule has 23 heavy (non-hydrogen) atoms. The second kappa shape index (κ2) is 5.19. The number of rotatable bonds is 3. The highest BCUT2D eigenvalue weighted by Gasteiger charge is 2.52. The largest absolute Gasteiger partial charge is 0.339 e. The summed E-state index contributed by atoms with van der Waals surface area (Å²) >= 11 is 0. The van der Waals surface area contributed by atoms with Gasteiger partial charge in [-0.05, 0) is 18.9 Å². The molecule has 2 aliphatic rings. The Morgan fingerprint density at radius 2 is 2.17 bits per heavy atom. The van der Waals surface area contributed by atoms with Crippen LogP contribution in [0.15, 0.2) is 18.5 Å². The van der Waals surface area contributed by atoms with Gasteiger partial charge in [-0.3, -0.25) is 9.48 Å². The lowest BCUT2D eigenvalue weighted by molar-refractivity contribution is -0.134.